The van der Waals surface area contributed by atoms with Gasteiger partial charge in [-0.15, -0.1) is 0 Å². The van der Waals surface area contributed by atoms with Crippen LogP contribution in [0.3, 0.4) is 0 Å². The summed E-state index contributed by atoms with van der Waals surface area (Å²) in [6.07, 6.45) is 0. The van der Waals surface area contributed by atoms with Gasteiger partial charge in [0.1, 0.15) is 5.75 Å². The van der Waals surface area contributed by atoms with E-state index in [-0.39, 0.29) is 5.91 Å². The molecule has 2 aromatic rings. The van der Waals surface area contributed by atoms with E-state index in [0.29, 0.717) is 24.4 Å². The summed E-state index contributed by atoms with van der Waals surface area (Å²) in [4.78, 5) is 16.9. The lowest BCUT2D eigenvalue weighted by Crippen LogP contribution is -2.34. The van der Waals surface area contributed by atoms with Crippen molar-refractivity contribution in [3.8, 4) is 5.75 Å². The smallest absolute Gasteiger partial charge is 0.254 e. The molecule has 0 fully saturated rings. The third-order valence-corrected chi connectivity index (χ3v) is 4.07. The van der Waals surface area contributed by atoms with Crippen molar-refractivity contribution >= 4 is 11.6 Å². The second-order valence-corrected chi connectivity index (χ2v) is 5.51. The van der Waals surface area contributed by atoms with Crippen molar-refractivity contribution in [3.63, 3.8) is 0 Å². The summed E-state index contributed by atoms with van der Waals surface area (Å²) < 4.78 is 5.21. The Kier molecular flexibility index (Phi) is 4.00. The largest absolute Gasteiger partial charge is 0.497 e. The molecule has 3 rings (SSSR count). The molecule has 4 nitrogen and oxygen atoms in total. The fourth-order valence-corrected chi connectivity index (χ4v) is 2.80. The van der Waals surface area contributed by atoms with Gasteiger partial charge in [-0.05, 0) is 29.8 Å². The Labute approximate surface area is 130 Å². The van der Waals surface area contributed by atoms with Gasteiger partial charge in [-0.3, -0.25) is 4.79 Å². The van der Waals surface area contributed by atoms with Gasteiger partial charge < -0.3 is 14.5 Å². The van der Waals surface area contributed by atoms with Gasteiger partial charge in [0.25, 0.3) is 5.91 Å². The molecule has 0 saturated carbocycles. The monoisotopic (exact) mass is 296 g/mol. The summed E-state index contributed by atoms with van der Waals surface area (Å²) in [7, 11) is 3.68. The van der Waals surface area contributed by atoms with Crippen molar-refractivity contribution in [1.29, 1.82) is 0 Å². The maximum Gasteiger partial charge on any atom is 0.254 e. The highest BCUT2D eigenvalue weighted by atomic mass is 16.5. The molecule has 1 heterocycles. The van der Waals surface area contributed by atoms with Gasteiger partial charge in [-0.25, -0.2) is 0 Å². The van der Waals surface area contributed by atoms with Gasteiger partial charge in [-0.1, -0.05) is 24.3 Å². The number of carbonyl (C=O) groups is 1. The zero-order valence-electron chi connectivity index (χ0n) is 13.0. The predicted octanol–water partition coefficient (Wildman–Crippen LogP) is 2.79. The molecular formula is C18H20N2O2. The molecule has 0 spiro atoms. The molecule has 4 heteroatoms. The summed E-state index contributed by atoms with van der Waals surface area (Å²) in [5.74, 6) is 0.752. The lowest BCUT2D eigenvalue weighted by molar-refractivity contribution is 0.0751. The van der Waals surface area contributed by atoms with Crippen LogP contribution in [0.2, 0.25) is 0 Å². The number of benzene rings is 2. The van der Waals surface area contributed by atoms with E-state index >= 15 is 0 Å². The molecule has 1 amide bonds. The number of methoxy groups -OCH3 is 1. The first kappa shape index (κ1) is 14.4. The first-order valence-corrected chi connectivity index (χ1v) is 7.41. The number of rotatable bonds is 2. The second-order valence-electron chi connectivity index (χ2n) is 5.51. The Hall–Kier alpha value is -2.49. The number of hydrogen-bond acceptors (Lipinski definition) is 3. The molecule has 1 aliphatic heterocycles. The number of likely N-dealkylation sites (N-methyl/N-ethyl adjacent to an activating group) is 1. The summed E-state index contributed by atoms with van der Waals surface area (Å²) >= 11 is 0. The zero-order valence-corrected chi connectivity index (χ0v) is 13.0. The van der Waals surface area contributed by atoms with Crippen LogP contribution in [0.5, 0.6) is 5.75 Å². The topological polar surface area (TPSA) is 32.8 Å². The van der Waals surface area contributed by atoms with Crippen LogP contribution < -0.4 is 9.64 Å². The molecule has 0 aliphatic carbocycles. The number of para-hydroxylation sites is 1. The van der Waals surface area contributed by atoms with Crippen LogP contribution >= 0.6 is 0 Å². The van der Waals surface area contributed by atoms with Crippen molar-refractivity contribution < 1.29 is 9.53 Å². The van der Waals surface area contributed by atoms with Crippen molar-refractivity contribution in [2.24, 2.45) is 0 Å². The predicted molar refractivity (Wildman–Crippen MR) is 87.4 cm³/mol. The first-order chi connectivity index (χ1) is 10.7. The van der Waals surface area contributed by atoms with Gasteiger partial charge >= 0.3 is 0 Å². The quantitative estimate of drug-likeness (QED) is 0.854. The Balaban J connectivity index is 1.87. The van der Waals surface area contributed by atoms with Crippen molar-refractivity contribution in [1.82, 2.24) is 4.90 Å². The van der Waals surface area contributed by atoms with E-state index in [4.69, 9.17) is 4.74 Å². The van der Waals surface area contributed by atoms with E-state index in [2.05, 4.69) is 24.1 Å². The van der Waals surface area contributed by atoms with Crippen LogP contribution in [0.4, 0.5) is 5.69 Å². The van der Waals surface area contributed by atoms with Crippen LogP contribution in [-0.2, 0) is 6.54 Å². The fraction of sp³-hybridized carbons (Fsp3) is 0.278. The minimum atomic E-state index is 0.0454. The minimum absolute atomic E-state index is 0.0454. The minimum Gasteiger partial charge on any atom is -0.497 e. The van der Waals surface area contributed by atoms with Crippen molar-refractivity contribution in [2.75, 3.05) is 32.1 Å². The SMILES string of the molecule is COc1cccc(C(=O)N2CCN(C)c3ccccc3C2)c1. The number of ether oxygens (including phenoxy) is 1. The van der Waals surface area contributed by atoms with E-state index in [1.165, 1.54) is 11.3 Å². The molecule has 0 atom stereocenters. The van der Waals surface area contributed by atoms with Gasteiger partial charge in [0.05, 0.1) is 7.11 Å². The Morgan fingerprint density at radius 3 is 2.73 bits per heavy atom. The fourth-order valence-electron chi connectivity index (χ4n) is 2.80. The first-order valence-electron chi connectivity index (χ1n) is 7.41. The lowest BCUT2D eigenvalue weighted by atomic mass is 10.1. The lowest BCUT2D eigenvalue weighted by Gasteiger charge is -2.21. The highest BCUT2D eigenvalue weighted by Gasteiger charge is 2.22. The Morgan fingerprint density at radius 2 is 1.91 bits per heavy atom. The van der Waals surface area contributed by atoms with Gasteiger partial charge in [-0.2, -0.15) is 0 Å². The number of anilines is 1. The molecular weight excluding hydrogens is 276 g/mol. The maximum atomic E-state index is 12.8. The third kappa shape index (κ3) is 2.77. The molecule has 0 aromatic heterocycles. The number of hydrogen-bond donors (Lipinski definition) is 0. The number of fused-ring (bicyclic) bond motifs is 1. The van der Waals surface area contributed by atoms with Crippen LogP contribution in [0.15, 0.2) is 48.5 Å². The van der Waals surface area contributed by atoms with Crippen molar-refractivity contribution in [3.05, 3.63) is 59.7 Å². The van der Waals surface area contributed by atoms with E-state index in [1.807, 2.05) is 35.2 Å². The van der Waals surface area contributed by atoms with Gasteiger partial charge in [0, 0.05) is 37.9 Å². The summed E-state index contributed by atoms with van der Waals surface area (Å²) in [6, 6.07) is 15.6. The number of amides is 1. The Morgan fingerprint density at radius 1 is 1.09 bits per heavy atom. The van der Waals surface area contributed by atoms with Crippen LogP contribution in [0, 0.1) is 0 Å². The van der Waals surface area contributed by atoms with Crippen LogP contribution in [0.25, 0.3) is 0 Å². The maximum absolute atomic E-state index is 12.8. The standard InChI is InChI=1S/C18H20N2O2/c1-19-10-11-20(13-15-6-3-4-9-17(15)19)18(21)14-7-5-8-16(12-14)22-2/h3-9,12H,10-11,13H2,1-2H3. The number of carbonyl (C=O) groups excluding carboxylic acids is 1. The second kappa shape index (κ2) is 6.10. The van der Waals surface area contributed by atoms with E-state index in [1.54, 1.807) is 13.2 Å². The molecule has 1 aliphatic rings. The molecule has 0 radical (unpaired) electrons. The molecule has 0 unspecified atom stereocenters. The summed E-state index contributed by atoms with van der Waals surface area (Å²) in [5.41, 5.74) is 3.04. The molecule has 22 heavy (non-hydrogen) atoms. The highest BCUT2D eigenvalue weighted by Crippen LogP contribution is 2.25. The zero-order chi connectivity index (χ0) is 15.5. The average Bonchev–Trinajstić information content (AvgIpc) is 2.74. The average molecular weight is 296 g/mol. The molecule has 0 N–H and O–H groups in total. The van der Waals surface area contributed by atoms with E-state index < -0.39 is 0 Å². The molecule has 114 valence electrons. The molecule has 0 bridgehead atoms. The third-order valence-electron chi connectivity index (χ3n) is 4.07. The van der Waals surface area contributed by atoms with E-state index in [9.17, 15) is 4.79 Å². The molecule has 0 saturated heterocycles. The molecule has 2 aromatic carbocycles. The van der Waals surface area contributed by atoms with Gasteiger partial charge in [0.15, 0.2) is 0 Å². The Bertz CT molecular complexity index is 684. The summed E-state index contributed by atoms with van der Waals surface area (Å²) in [5, 5.41) is 0. The van der Waals surface area contributed by atoms with Crippen LogP contribution in [-0.4, -0.2) is 38.1 Å². The van der Waals surface area contributed by atoms with Gasteiger partial charge in [0.2, 0.25) is 0 Å². The van der Waals surface area contributed by atoms with Crippen molar-refractivity contribution in [2.45, 2.75) is 6.54 Å². The van der Waals surface area contributed by atoms with E-state index in [0.717, 1.165) is 6.54 Å². The number of nitrogens with zero attached hydrogens (tertiary/aromatic N) is 2. The summed E-state index contributed by atoms with van der Waals surface area (Å²) in [6.45, 7) is 2.17. The highest BCUT2D eigenvalue weighted by molar-refractivity contribution is 5.94. The normalized spacial score (nSPS) is 14.3. The van der Waals surface area contributed by atoms with Crippen LogP contribution in [0.1, 0.15) is 15.9 Å².